The fourth-order valence-electron chi connectivity index (χ4n) is 1.68. The van der Waals surface area contributed by atoms with Crippen LogP contribution in [0.1, 0.15) is 42.2 Å². The number of hydrogen-bond donors (Lipinski definition) is 1. The van der Waals surface area contributed by atoms with Crippen LogP contribution in [0.5, 0.6) is 0 Å². The van der Waals surface area contributed by atoms with Gasteiger partial charge in [-0.2, -0.15) is 0 Å². The second-order valence-electron chi connectivity index (χ2n) is 3.86. The molecule has 1 fully saturated rings. The summed E-state index contributed by atoms with van der Waals surface area (Å²) in [5.41, 5.74) is 5.96. The molecular weight excluding hydrogens is 194 g/mol. The number of carbonyl (C=O) groups is 1. The van der Waals surface area contributed by atoms with Crippen LogP contribution in [0.4, 0.5) is 0 Å². The molecule has 1 aromatic rings. The molecule has 0 aliphatic carbocycles. The molecule has 1 unspecified atom stereocenters. The van der Waals surface area contributed by atoms with Crippen molar-refractivity contribution in [2.45, 2.75) is 25.8 Å². The monoisotopic (exact) mass is 209 g/mol. The van der Waals surface area contributed by atoms with Gasteiger partial charge in [0.15, 0.2) is 5.69 Å². The highest BCUT2D eigenvalue weighted by molar-refractivity contribution is 5.92. The maximum absolute atomic E-state index is 11.8. The predicted molar refractivity (Wildman–Crippen MR) is 54.2 cm³/mol. The standard InChI is InChI=1S/C10H15N3O2/c1-7(11)9-12-8(6-15-9)10(14)13-4-2-3-5-13/h6-7H,2-5,11H2,1H3. The molecule has 1 saturated heterocycles. The molecule has 1 aromatic heterocycles. The highest BCUT2D eigenvalue weighted by Crippen LogP contribution is 2.14. The van der Waals surface area contributed by atoms with Gasteiger partial charge in [0.1, 0.15) is 6.26 Å². The average Bonchev–Trinajstić information content (AvgIpc) is 2.88. The highest BCUT2D eigenvalue weighted by atomic mass is 16.3. The fraction of sp³-hybridized carbons (Fsp3) is 0.600. The molecule has 5 nitrogen and oxygen atoms in total. The van der Waals surface area contributed by atoms with Gasteiger partial charge in [-0.25, -0.2) is 4.98 Å². The molecule has 2 heterocycles. The Morgan fingerprint density at radius 3 is 2.80 bits per heavy atom. The third kappa shape index (κ3) is 2.02. The summed E-state index contributed by atoms with van der Waals surface area (Å²) in [5, 5.41) is 0. The van der Waals surface area contributed by atoms with Crippen molar-refractivity contribution in [2.75, 3.05) is 13.1 Å². The van der Waals surface area contributed by atoms with Gasteiger partial charge in [-0.1, -0.05) is 0 Å². The van der Waals surface area contributed by atoms with Crippen molar-refractivity contribution in [1.29, 1.82) is 0 Å². The van der Waals surface area contributed by atoms with E-state index in [1.54, 1.807) is 11.8 Å². The Balaban J connectivity index is 2.11. The number of rotatable bonds is 2. The quantitative estimate of drug-likeness (QED) is 0.786. The summed E-state index contributed by atoms with van der Waals surface area (Å²) in [4.78, 5) is 17.7. The molecule has 1 atom stereocenters. The third-order valence-corrected chi connectivity index (χ3v) is 2.52. The van der Waals surface area contributed by atoms with Crippen molar-refractivity contribution in [3.05, 3.63) is 17.8 Å². The molecule has 1 aliphatic heterocycles. The van der Waals surface area contributed by atoms with Gasteiger partial charge in [0.2, 0.25) is 5.89 Å². The van der Waals surface area contributed by atoms with Gasteiger partial charge in [-0.05, 0) is 19.8 Å². The summed E-state index contributed by atoms with van der Waals surface area (Å²) in [7, 11) is 0. The zero-order valence-electron chi connectivity index (χ0n) is 8.77. The average molecular weight is 209 g/mol. The van der Waals surface area contributed by atoms with E-state index in [4.69, 9.17) is 10.2 Å². The van der Waals surface area contributed by atoms with Gasteiger partial charge in [0.05, 0.1) is 6.04 Å². The normalized spacial score (nSPS) is 18.1. The van der Waals surface area contributed by atoms with Crippen molar-refractivity contribution in [3.8, 4) is 0 Å². The van der Waals surface area contributed by atoms with Crippen LogP contribution in [0.25, 0.3) is 0 Å². The van der Waals surface area contributed by atoms with E-state index >= 15 is 0 Å². The van der Waals surface area contributed by atoms with E-state index in [1.807, 2.05) is 0 Å². The lowest BCUT2D eigenvalue weighted by Crippen LogP contribution is -2.27. The SMILES string of the molecule is CC(N)c1nc(C(=O)N2CCCC2)co1. The minimum absolute atomic E-state index is 0.0526. The van der Waals surface area contributed by atoms with Crippen molar-refractivity contribution in [2.24, 2.45) is 5.73 Å². The predicted octanol–water partition coefficient (Wildman–Crippen LogP) is 0.930. The Labute approximate surface area is 88.3 Å². The van der Waals surface area contributed by atoms with Crippen LogP contribution >= 0.6 is 0 Å². The van der Waals surface area contributed by atoms with E-state index < -0.39 is 0 Å². The van der Waals surface area contributed by atoms with Crippen molar-refractivity contribution in [3.63, 3.8) is 0 Å². The van der Waals surface area contributed by atoms with E-state index in [1.165, 1.54) is 6.26 Å². The maximum atomic E-state index is 11.8. The van der Waals surface area contributed by atoms with Crippen LogP contribution in [0.2, 0.25) is 0 Å². The fourth-order valence-corrected chi connectivity index (χ4v) is 1.68. The number of aromatic nitrogens is 1. The van der Waals surface area contributed by atoms with Gasteiger partial charge >= 0.3 is 0 Å². The van der Waals surface area contributed by atoms with Crippen LogP contribution in [-0.2, 0) is 0 Å². The number of hydrogen-bond acceptors (Lipinski definition) is 4. The smallest absolute Gasteiger partial charge is 0.275 e. The van der Waals surface area contributed by atoms with Gasteiger partial charge in [-0.15, -0.1) is 0 Å². The molecule has 1 amide bonds. The Hall–Kier alpha value is -1.36. The first kappa shape index (κ1) is 10.2. The van der Waals surface area contributed by atoms with Crippen LogP contribution in [-0.4, -0.2) is 28.9 Å². The Bertz CT molecular complexity index is 353. The Kier molecular flexibility index (Phi) is 2.73. The summed E-state index contributed by atoms with van der Waals surface area (Å²) in [6.07, 6.45) is 3.53. The largest absolute Gasteiger partial charge is 0.446 e. The summed E-state index contributed by atoms with van der Waals surface area (Å²) < 4.78 is 5.12. The lowest BCUT2D eigenvalue weighted by atomic mass is 10.3. The van der Waals surface area contributed by atoms with Crippen molar-refractivity contribution < 1.29 is 9.21 Å². The van der Waals surface area contributed by atoms with Crippen LogP contribution in [0.15, 0.2) is 10.7 Å². The zero-order valence-corrected chi connectivity index (χ0v) is 8.77. The minimum atomic E-state index is -0.273. The van der Waals surface area contributed by atoms with Crippen LogP contribution in [0.3, 0.4) is 0 Å². The van der Waals surface area contributed by atoms with E-state index in [0.717, 1.165) is 25.9 Å². The first-order valence-electron chi connectivity index (χ1n) is 5.19. The third-order valence-electron chi connectivity index (χ3n) is 2.52. The summed E-state index contributed by atoms with van der Waals surface area (Å²) in [5.74, 6) is 0.362. The second-order valence-corrected chi connectivity index (χ2v) is 3.86. The van der Waals surface area contributed by atoms with Gasteiger partial charge < -0.3 is 15.1 Å². The molecule has 0 aromatic carbocycles. The number of likely N-dealkylation sites (tertiary alicyclic amines) is 1. The van der Waals surface area contributed by atoms with Crippen molar-refractivity contribution >= 4 is 5.91 Å². The number of carbonyl (C=O) groups excluding carboxylic acids is 1. The van der Waals surface area contributed by atoms with Crippen LogP contribution < -0.4 is 5.73 Å². The molecule has 15 heavy (non-hydrogen) atoms. The first-order valence-corrected chi connectivity index (χ1v) is 5.19. The first-order chi connectivity index (χ1) is 7.18. The van der Waals surface area contributed by atoms with Crippen LogP contribution in [0, 0.1) is 0 Å². The van der Waals surface area contributed by atoms with Crippen molar-refractivity contribution in [1.82, 2.24) is 9.88 Å². The molecule has 0 spiro atoms. The molecule has 1 aliphatic rings. The molecule has 0 saturated carbocycles. The lowest BCUT2D eigenvalue weighted by molar-refractivity contribution is 0.0787. The van der Waals surface area contributed by atoms with Gasteiger partial charge in [0, 0.05) is 13.1 Å². The summed E-state index contributed by atoms with van der Waals surface area (Å²) in [6, 6.07) is -0.273. The Morgan fingerprint density at radius 2 is 2.27 bits per heavy atom. The number of nitrogens with zero attached hydrogens (tertiary/aromatic N) is 2. The van der Waals surface area contributed by atoms with E-state index in [2.05, 4.69) is 4.98 Å². The van der Waals surface area contributed by atoms with E-state index in [-0.39, 0.29) is 11.9 Å². The number of amides is 1. The second kappa shape index (κ2) is 4.02. The topological polar surface area (TPSA) is 72.4 Å². The maximum Gasteiger partial charge on any atom is 0.275 e. The number of nitrogens with two attached hydrogens (primary N) is 1. The molecular formula is C10H15N3O2. The molecule has 2 N–H and O–H groups in total. The highest BCUT2D eigenvalue weighted by Gasteiger charge is 2.22. The minimum Gasteiger partial charge on any atom is -0.446 e. The zero-order chi connectivity index (χ0) is 10.8. The molecule has 5 heteroatoms. The van der Waals surface area contributed by atoms with E-state index in [9.17, 15) is 4.79 Å². The van der Waals surface area contributed by atoms with Gasteiger partial charge in [0.25, 0.3) is 5.91 Å². The molecule has 0 bridgehead atoms. The molecule has 0 radical (unpaired) electrons. The summed E-state index contributed by atoms with van der Waals surface area (Å²) >= 11 is 0. The molecule has 82 valence electrons. The Morgan fingerprint density at radius 1 is 1.60 bits per heavy atom. The van der Waals surface area contributed by atoms with E-state index in [0.29, 0.717) is 11.6 Å². The number of oxazole rings is 1. The summed E-state index contributed by atoms with van der Waals surface area (Å²) in [6.45, 7) is 3.41. The lowest BCUT2D eigenvalue weighted by Gasteiger charge is -2.12. The molecule has 2 rings (SSSR count). The van der Waals surface area contributed by atoms with Gasteiger partial charge in [-0.3, -0.25) is 4.79 Å².